The predicted molar refractivity (Wildman–Crippen MR) is 79.9 cm³/mol. The minimum absolute atomic E-state index is 0.244. The Kier molecular flexibility index (Phi) is 2.64. The van der Waals surface area contributed by atoms with Crippen LogP contribution < -0.4 is 0 Å². The SMILES string of the molecule is N#Cc1cc2cc(C(F)(F)F)ccc2n2c1nc1ccccc12. The molecule has 4 rings (SSSR count). The maximum absolute atomic E-state index is 12.9. The molecule has 2 aromatic heterocycles. The van der Waals surface area contributed by atoms with Gasteiger partial charge in [-0.1, -0.05) is 12.1 Å². The largest absolute Gasteiger partial charge is 0.416 e. The topological polar surface area (TPSA) is 41.1 Å². The van der Waals surface area contributed by atoms with E-state index in [2.05, 4.69) is 4.98 Å². The molecule has 0 aliphatic heterocycles. The number of alkyl halides is 3. The molecule has 0 N–H and O–H groups in total. The van der Waals surface area contributed by atoms with Crippen LogP contribution in [0.25, 0.3) is 27.6 Å². The van der Waals surface area contributed by atoms with E-state index in [1.165, 1.54) is 12.1 Å². The standard InChI is InChI=1S/C17H8F3N3/c18-17(19,20)12-5-6-14-10(8-12)7-11(9-21)16-22-13-3-1-2-4-15(13)23(14)16/h1-8H. The zero-order chi connectivity index (χ0) is 16.2. The average Bonchev–Trinajstić information content (AvgIpc) is 2.92. The molecule has 0 atom stereocenters. The van der Waals surface area contributed by atoms with Gasteiger partial charge in [0, 0.05) is 5.39 Å². The van der Waals surface area contributed by atoms with Crippen molar-refractivity contribution < 1.29 is 13.2 Å². The summed E-state index contributed by atoms with van der Waals surface area (Å²) in [7, 11) is 0. The highest BCUT2D eigenvalue weighted by Crippen LogP contribution is 2.33. The molecular weight excluding hydrogens is 303 g/mol. The molecular formula is C17H8F3N3. The lowest BCUT2D eigenvalue weighted by atomic mass is 10.1. The predicted octanol–water partition coefficient (Wildman–Crippen LogP) is 4.53. The molecule has 2 aromatic carbocycles. The van der Waals surface area contributed by atoms with Crippen LogP contribution >= 0.6 is 0 Å². The van der Waals surface area contributed by atoms with Crippen LogP contribution in [0.15, 0.2) is 48.5 Å². The van der Waals surface area contributed by atoms with E-state index in [4.69, 9.17) is 0 Å². The second-order valence-electron chi connectivity index (χ2n) is 5.20. The number of rotatable bonds is 0. The Balaban J connectivity index is 2.22. The van der Waals surface area contributed by atoms with Gasteiger partial charge in [-0.3, -0.25) is 4.40 Å². The number of aromatic nitrogens is 2. The van der Waals surface area contributed by atoms with Gasteiger partial charge < -0.3 is 0 Å². The second-order valence-corrected chi connectivity index (χ2v) is 5.20. The smallest absolute Gasteiger partial charge is 0.291 e. The molecule has 112 valence electrons. The molecule has 6 heteroatoms. The minimum Gasteiger partial charge on any atom is -0.291 e. The lowest BCUT2D eigenvalue weighted by molar-refractivity contribution is -0.137. The molecule has 3 nitrogen and oxygen atoms in total. The Hall–Kier alpha value is -3.07. The molecule has 2 heterocycles. The van der Waals surface area contributed by atoms with E-state index in [1.807, 2.05) is 24.3 Å². The third kappa shape index (κ3) is 1.94. The fraction of sp³-hybridized carbons (Fsp3) is 0.0588. The quantitative estimate of drug-likeness (QED) is 0.479. The third-order valence-electron chi connectivity index (χ3n) is 3.82. The van der Waals surface area contributed by atoms with Gasteiger partial charge in [-0.15, -0.1) is 0 Å². The normalized spacial score (nSPS) is 12.1. The molecule has 0 aliphatic rings. The number of hydrogen-bond donors (Lipinski definition) is 0. The summed E-state index contributed by atoms with van der Waals surface area (Å²) in [5.41, 5.74) is 1.98. The molecule has 0 aliphatic carbocycles. The molecule has 0 fully saturated rings. The highest BCUT2D eigenvalue weighted by molar-refractivity contribution is 5.93. The molecule has 0 radical (unpaired) electrons. The van der Waals surface area contributed by atoms with E-state index in [0.717, 1.165) is 17.6 Å². The fourth-order valence-corrected chi connectivity index (χ4v) is 2.80. The van der Waals surface area contributed by atoms with Crippen molar-refractivity contribution in [3.8, 4) is 6.07 Å². The van der Waals surface area contributed by atoms with Gasteiger partial charge in [0.25, 0.3) is 0 Å². The fourth-order valence-electron chi connectivity index (χ4n) is 2.80. The van der Waals surface area contributed by atoms with Crippen LogP contribution in [0.2, 0.25) is 0 Å². The van der Waals surface area contributed by atoms with Gasteiger partial charge in [-0.05, 0) is 36.4 Å². The van der Waals surface area contributed by atoms with Crippen molar-refractivity contribution in [1.29, 1.82) is 5.26 Å². The zero-order valence-corrected chi connectivity index (χ0v) is 11.6. The van der Waals surface area contributed by atoms with Crippen LogP contribution in [0.4, 0.5) is 13.2 Å². The number of nitrogens with zero attached hydrogens (tertiary/aromatic N) is 3. The van der Waals surface area contributed by atoms with Gasteiger partial charge in [0.1, 0.15) is 6.07 Å². The number of halogens is 3. The number of pyridine rings is 1. The van der Waals surface area contributed by atoms with Crippen molar-refractivity contribution in [3.05, 3.63) is 59.7 Å². The van der Waals surface area contributed by atoms with Crippen molar-refractivity contribution in [2.24, 2.45) is 0 Å². The van der Waals surface area contributed by atoms with E-state index in [1.54, 1.807) is 10.5 Å². The zero-order valence-electron chi connectivity index (χ0n) is 11.6. The first-order valence-electron chi connectivity index (χ1n) is 6.80. The lowest BCUT2D eigenvalue weighted by Gasteiger charge is -2.10. The molecule has 0 bridgehead atoms. The van der Waals surface area contributed by atoms with Crippen LogP contribution in [-0.2, 0) is 6.18 Å². The molecule has 4 aromatic rings. The molecule has 0 saturated heterocycles. The number of fused-ring (bicyclic) bond motifs is 5. The van der Waals surface area contributed by atoms with Crippen LogP contribution in [-0.4, -0.2) is 9.38 Å². The number of para-hydroxylation sites is 2. The number of nitriles is 1. The number of imidazole rings is 1. The highest BCUT2D eigenvalue weighted by atomic mass is 19.4. The summed E-state index contributed by atoms with van der Waals surface area (Å²) in [4.78, 5) is 4.43. The molecule has 0 amide bonds. The van der Waals surface area contributed by atoms with Crippen molar-refractivity contribution in [2.75, 3.05) is 0 Å². The summed E-state index contributed by atoms with van der Waals surface area (Å²) in [6.45, 7) is 0. The third-order valence-corrected chi connectivity index (χ3v) is 3.82. The summed E-state index contributed by atoms with van der Waals surface area (Å²) < 4.78 is 40.5. The van der Waals surface area contributed by atoms with Crippen molar-refractivity contribution >= 4 is 27.6 Å². The first-order valence-corrected chi connectivity index (χ1v) is 6.80. The Morgan fingerprint density at radius 1 is 1.00 bits per heavy atom. The minimum atomic E-state index is -4.42. The second kappa shape index (κ2) is 4.46. The van der Waals surface area contributed by atoms with Crippen LogP contribution in [0.3, 0.4) is 0 Å². The number of hydrogen-bond acceptors (Lipinski definition) is 2. The summed E-state index contributed by atoms with van der Waals surface area (Å²) in [5.74, 6) is 0. The van der Waals surface area contributed by atoms with Crippen molar-refractivity contribution in [1.82, 2.24) is 9.38 Å². The molecule has 0 spiro atoms. The van der Waals surface area contributed by atoms with Crippen molar-refractivity contribution in [3.63, 3.8) is 0 Å². The van der Waals surface area contributed by atoms with Gasteiger partial charge in [-0.25, -0.2) is 4.98 Å². The maximum atomic E-state index is 12.9. The van der Waals surface area contributed by atoms with E-state index in [-0.39, 0.29) is 5.56 Å². The summed E-state index contributed by atoms with van der Waals surface area (Å²) in [6, 6.07) is 14.3. The summed E-state index contributed by atoms with van der Waals surface area (Å²) >= 11 is 0. The van der Waals surface area contributed by atoms with Crippen LogP contribution in [0, 0.1) is 11.3 Å². The van der Waals surface area contributed by atoms with Crippen LogP contribution in [0.1, 0.15) is 11.1 Å². The lowest BCUT2D eigenvalue weighted by Crippen LogP contribution is -2.05. The maximum Gasteiger partial charge on any atom is 0.416 e. The first-order chi connectivity index (χ1) is 11.0. The molecule has 0 saturated carbocycles. The summed E-state index contributed by atoms with van der Waals surface area (Å²) in [5, 5.41) is 9.68. The van der Waals surface area contributed by atoms with Gasteiger partial charge >= 0.3 is 6.18 Å². The van der Waals surface area contributed by atoms with E-state index in [0.29, 0.717) is 22.1 Å². The van der Waals surface area contributed by atoms with E-state index in [9.17, 15) is 18.4 Å². The van der Waals surface area contributed by atoms with Crippen molar-refractivity contribution in [2.45, 2.75) is 6.18 Å². The Bertz CT molecular complexity index is 1120. The van der Waals surface area contributed by atoms with E-state index < -0.39 is 11.7 Å². The van der Waals surface area contributed by atoms with Gasteiger partial charge in [0.15, 0.2) is 5.65 Å². The van der Waals surface area contributed by atoms with E-state index >= 15 is 0 Å². The van der Waals surface area contributed by atoms with Gasteiger partial charge in [0.2, 0.25) is 0 Å². The van der Waals surface area contributed by atoms with Crippen LogP contribution in [0.5, 0.6) is 0 Å². The Morgan fingerprint density at radius 2 is 1.78 bits per heavy atom. The number of benzene rings is 2. The molecule has 0 unspecified atom stereocenters. The monoisotopic (exact) mass is 311 g/mol. The Labute approximate surface area is 128 Å². The Morgan fingerprint density at radius 3 is 2.52 bits per heavy atom. The van der Waals surface area contributed by atoms with Gasteiger partial charge in [0.05, 0.1) is 27.7 Å². The van der Waals surface area contributed by atoms with Gasteiger partial charge in [-0.2, -0.15) is 18.4 Å². The highest BCUT2D eigenvalue weighted by Gasteiger charge is 2.30. The first kappa shape index (κ1) is 13.6. The average molecular weight is 311 g/mol. The molecule has 23 heavy (non-hydrogen) atoms. The summed E-state index contributed by atoms with van der Waals surface area (Å²) in [6.07, 6.45) is -4.42.